The summed E-state index contributed by atoms with van der Waals surface area (Å²) in [5, 5.41) is 14.2. The highest BCUT2D eigenvalue weighted by molar-refractivity contribution is 8.00. The van der Waals surface area contributed by atoms with Crippen molar-refractivity contribution in [2.45, 2.75) is 44.6 Å². The SMILES string of the molecule is CCCOc1ccc(C(C)NC(=O)CSc2ccc(C(N)=O)cc2[N+](=O)[O-])cc1OCCC. The van der Waals surface area contributed by atoms with Gasteiger partial charge < -0.3 is 20.5 Å². The molecule has 1 atom stereocenters. The lowest BCUT2D eigenvalue weighted by molar-refractivity contribution is -0.387. The van der Waals surface area contributed by atoms with Gasteiger partial charge in [0.2, 0.25) is 11.8 Å². The van der Waals surface area contributed by atoms with Gasteiger partial charge in [-0.3, -0.25) is 19.7 Å². The molecule has 3 N–H and O–H groups in total. The fourth-order valence-corrected chi connectivity index (χ4v) is 3.71. The van der Waals surface area contributed by atoms with Crippen molar-refractivity contribution < 1.29 is 24.0 Å². The average Bonchev–Trinajstić information content (AvgIpc) is 2.79. The van der Waals surface area contributed by atoms with Gasteiger partial charge in [0.15, 0.2) is 11.5 Å². The highest BCUT2D eigenvalue weighted by Gasteiger charge is 2.19. The van der Waals surface area contributed by atoms with Crippen molar-refractivity contribution in [3.8, 4) is 11.5 Å². The van der Waals surface area contributed by atoms with Crippen LogP contribution in [0.25, 0.3) is 0 Å². The van der Waals surface area contributed by atoms with Crippen molar-refractivity contribution in [2.75, 3.05) is 19.0 Å². The van der Waals surface area contributed by atoms with Crippen molar-refractivity contribution in [3.05, 3.63) is 57.6 Å². The first-order valence-electron chi connectivity index (χ1n) is 10.7. The van der Waals surface area contributed by atoms with Gasteiger partial charge in [-0.1, -0.05) is 19.9 Å². The highest BCUT2D eigenvalue weighted by atomic mass is 32.2. The number of nitrogens with two attached hydrogens (primary N) is 1. The zero-order valence-corrected chi connectivity index (χ0v) is 19.8. The second kappa shape index (κ2) is 12.7. The molecule has 1 unspecified atom stereocenters. The minimum atomic E-state index is -0.755. The molecule has 0 radical (unpaired) electrons. The third-order valence-corrected chi connectivity index (χ3v) is 5.63. The average molecular weight is 476 g/mol. The number of nitro benzene ring substituents is 1. The molecular weight excluding hydrogens is 446 g/mol. The molecule has 0 aromatic heterocycles. The zero-order chi connectivity index (χ0) is 24.4. The quantitative estimate of drug-likeness (QED) is 0.251. The summed E-state index contributed by atoms with van der Waals surface area (Å²) in [7, 11) is 0. The van der Waals surface area contributed by atoms with Gasteiger partial charge >= 0.3 is 0 Å². The first kappa shape index (κ1) is 26.0. The van der Waals surface area contributed by atoms with Crippen LogP contribution in [0, 0.1) is 10.1 Å². The van der Waals surface area contributed by atoms with Gasteiger partial charge in [-0.15, -0.1) is 11.8 Å². The molecule has 2 amide bonds. The van der Waals surface area contributed by atoms with Gasteiger partial charge in [0.05, 0.1) is 34.8 Å². The maximum absolute atomic E-state index is 12.5. The second-order valence-electron chi connectivity index (χ2n) is 7.28. The smallest absolute Gasteiger partial charge is 0.283 e. The lowest BCUT2D eigenvalue weighted by atomic mass is 10.1. The highest BCUT2D eigenvalue weighted by Crippen LogP contribution is 2.32. The number of primary amides is 1. The molecule has 2 aromatic carbocycles. The minimum Gasteiger partial charge on any atom is -0.490 e. The van der Waals surface area contributed by atoms with Crippen LogP contribution in [0.15, 0.2) is 41.3 Å². The molecule has 0 bridgehead atoms. The van der Waals surface area contributed by atoms with Crippen molar-refractivity contribution >= 4 is 29.3 Å². The van der Waals surface area contributed by atoms with Gasteiger partial charge in [0, 0.05) is 11.6 Å². The number of hydrogen-bond acceptors (Lipinski definition) is 7. The molecule has 2 rings (SSSR count). The van der Waals surface area contributed by atoms with Crippen LogP contribution in [-0.4, -0.2) is 35.7 Å². The fourth-order valence-electron chi connectivity index (χ4n) is 2.90. The van der Waals surface area contributed by atoms with E-state index in [1.165, 1.54) is 12.1 Å². The van der Waals surface area contributed by atoms with Gasteiger partial charge in [0.25, 0.3) is 5.69 Å². The number of amides is 2. The number of nitrogens with one attached hydrogen (secondary N) is 1. The number of carbonyl (C=O) groups excluding carboxylic acids is 2. The number of hydrogen-bond donors (Lipinski definition) is 2. The van der Waals surface area contributed by atoms with Crippen molar-refractivity contribution in [1.82, 2.24) is 5.32 Å². The van der Waals surface area contributed by atoms with E-state index in [1.54, 1.807) is 0 Å². The molecule has 0 heterocycles. The standard InChI is InChI=1S/C23H29N3O6S/c1-4-10-31-19-8-6-16(13-20(19)32-11-5-2)15(3)25-22(27)14-33-21-9-7-17(23(24)28)12-18(21)26(29)30/h6-9,12-13,15H,4-5,10-11,14H2,1-3H3,(H2,24,28)(H,25,27). The van der Waals surface area contributed by atoms with Crippen LogP contribution in [0.5, 0.6) is 11.5 Å². The van der Waals surface area contributed by atoms with Crippen molar-refractivity contribution in [2.24, 2.45) is 5.73 Å². The summed E-state index contributed by atoms with van der Waals surface area (Å²) in [6.07, 6.45) is 1.73. The molecule has 0 aliphatic rings. The number of rotatable bonds is 13. The van der Waals surface area contributed by atoms with E-state index in [4.69, 9.17) is 15.2 Å². The molecule has 9 nitrogen and oxygen atoms in total. The summed E-state index contributed by atoms with van der Waals surface area (Å²) in [4.78, 5) is 34.8. The number of nitro groups is 1. The molecule has 0 spiro atoms. The first-order valence-corrected chi connectivity index (χ1v) is 11.6. The Bertz CT molecular complexity index is 998. The summed E-state index contributed by atoms with van der Waals surface area (Å²) >= 11 is 1.02. The summed E-state index contributed by atoms with van der Waals surface area (Å²) in [5.41, 5.74) is 5.81. The van der Waals surface area contributed by atoms with E-state index in [9.17, 15) is 19.7 Å². The predicted molar refractivity (Wildman–Crippen MR) is 127 cm³/mol. The Hall–Kier alpha value is -3.27. The Kier molecular flexibility index (Phi) is 9.99. The van der Waals surface area contributed by atoms with E-state index in [0.29, 0.717) is 24.7 Å². The zero-order valence-electron chi connectivity index (χ0n) is 19.0. The summed E-state index contributed by atoms with van der Waals surface area (Å²) in [6, 6.07) is 9.18. The Morgan fingerprint density at radius 3 is 2.36 bits per heavy atom. The lowest BCUT2D eigenvalue weighted by Crippen LogP contribution is -2.28. The van der Waals surface area contributed by atoms with Crippen LogP contribution < -0.4 is 20.5 Å². The summed E-state index contributed by atoms with van der Waals surface area (Å²) in [5.74, 6) is 0.217. The monoisotopic (exact) mass is 475 g/mol. The van der Waals surface area contributed by atoms with Crippen LogP contribution in [0.4, 0.5) is 5.69 Å². The number of thioether (sulfide) groups is 1. The molecule has 10 heteroatoms. The lowest BCUT2D eigenvalue weighted by Gasteiger charge is -2.18. The second-order valence-corrected chi connectivity index (χ2v) is 8.30. The Labute approximate surface area is 197 Å². The van der Waals surface area contributed by atoms with Crippen molar-refractivity contribution in [3.63, 3.8) is 0 Å². The molecule has 0 saturated heterocycles. The fraction of sp³-hybridized carbons (Fsp3) is 0.391. The van der Waals surface area contributed by atoms with E-state index < -0.39 is 10.8 Å². The third-order valence-electron chi connectivity index (χ3n) is 4.57. The van der Waals surface area contributed by atoms with Gasteiger partial charge in [-0.2, -0.15) is 0 Å². The molecule has 33 heavy (non-hydrogen) atoms. The molecule has 0 aliphatic carbocycles. The van der Waals surface area contributed by atoms with Crippen molar-refractivity contribution in [1.29, 1.82) is 0 Å². The van der Waals surface area contributed by atoms with Gasteiger partial charge in [-0.25, -0.2) is 0 Å². The van der Waals surface area contributed by atoms with Crippen LogP contribution in [0.2, 0.25) is 0 Å². The van der Waals surface area contributed by atoms with Gasteiger partial charge in [-0.05, 0) is 49.6 Å². The maximum Gasteiger partial charge on any atom is 0.283 e. The number of benzene rings is 2. The summed E-state index contributed by atoms with van der Waals surface area (Å²) in [6.45, 7) is 7.02. The molecule has 0 fully saturated rings. The largest absolute Gasteiger partial charge is 0.490 e. The molecule has 178 valence electrons. The third kappa shape index (κ3) is 7.67. The van der Waals surface area contributed by atoms with Crippen LogP contribution >= 0.6 is 11.8 Å². The minimum absolute atomic E-state index is 0.0298. The first-order chi connectivity index (χ1) is 15.8. The number of carbonyl (C=O) groups is 2. The van der Waals surface area contributed by atoms with E-state index in [1.807, 2.05) is 39.0 Å². The normalized spacial score (nSPS) is 11.5. The summed E-state index contributed by atoms with van der Waals surface area (Å²) < 4.78 is 11.5. The number of ether oxygens (including phenoxy) is 2. The molecule has 2 aromatic rings. The molecule has 0 saturated carbocycles. The predicted octanol–water partition coefficient (Wildman–Crippen LogP) is 4.24. The number of nitrogens with zero attached hydrogens (tertiary/aromatic N) is 1. The maximum atomic E-state index is 12.5. The van der Waals surface area contributed by atoms with Crippen LogP contribution in [0.1, 0.15) is 55.6 Å². The topological polar surface area (TPSA) is 134 Å². The van der Waals surface area contributed by atoms with Crippen LogP contribution in [-0.2, 0) is 4.79 Å². The van der Waals surface area contributed by atoms with E-state index in [0.717, 1.165) is 36.2 Å². The molecular formula is C23H29N3O6S. The Morgan fingerprint density at radius 2 is 1.76 bits per heavy atom. The van der Waals surface area contributed by atoms with E-state index in [2.05, 4.69) is 5.32 Å². The molecule has 0 aliphatic heterocycles. The van der Waals surface area contributed by atoms with Crippen LogP contribution in [0.3, 0.4) is 0 Å². The van der Waals surface area contributed by atoms with E-state index in [-0.39, 0.29) is 33.8 Å². The van der Waals surface area contributed by atoms with E-state index >= 15 is 0 Å². The van der Waals surface area contributed by atoms with Gasteiger partial charge in [0.1, 0.15) is 0 Å². The Balaban J connectivity index is 2.05. The Morgan fingerprint density at radius 1 is 1.09 bits per heavy atom.